The van der Waals surface area contributed by atoms with Crippen LogP contribution in [0.1, 0.15) is 167 Å². The van der Waals surface area contributed by atoms with E-state index < -0.39 is 0 Å². The minimum atomic E-state index is -0.128. The summed E-state index contributed by atoms with van der Waals surface area (Å²) in [4.78, 5) is 0. The van der Waals surface area contributed by atoms with E-state index in [1.165, 1.54) is 116 Å². The Morgan fingerprint density at radius 1 is 0.306 bits per heavy atom. The van der Waals surface area contributed by atoms with E-state index in [2.05, 4.69) is 0 Å². The molecule has 3 aliphatic carbocycles. The summed E-state index contributed by atoms with van der Waals surface area (Å²) in [6.07, 6.45) is 35.7. The topological polar surface area (TPSA) is 0 Å². The van der Waals surface area contributed by atoms with E-state index in [9.17, 15) is 8.78 Å². The van der Waals surface area contributed by atoms with Crippen molar-refractivity contribution in [1.29, 1.82) is 0 Å². The van der Waals surface area contributed by atoms with Crippen LogP contribution >= 0.6 is 0 Å². The lowest BCUT2D eigenvalue weighted by Gasteiger charge is -2.41. The molecular weight excluding hydrogens is 446 g/mol. The van der Waals surface area contributed by atoms with Crippen LogP contribution in [0.4, 0.5) is 8.78 Å². The Morgan fingerprint density at radius 2 is 0.556 bits per heavy atom. The van der Waals surface area contributed by atoms with Crippen LogP contribution in [0.3, 0.4) is 0 Å². The Bertz CT molecular complexity index is 495. The van der Waals surface area contributed by atoms with Gasteiger partial charge in [-0.1, -0.05) is 103 Å². The van der Waals surface area contributed by atoms with Crippen molar-refractivity contribution in [2.75, 3.05) is 13.3 Å². The van der Waals surface area contributed by atoms with Crippen LogP contribution in [0.5, 0.6) is 0 Å². The van der Waals surface area contributed by atoms with Gasteiger partial charge in [0.05, 0.1) is 13.3 Å². The number of unbranched alkanes of at least 4 members (excludes halogenated alkanes) is 10. The summed E-state index contributed by atoms with van der Waals surface area (Å²) in [6, 6.07) is 0. The van der Waals surface area contributed by atoms with Gasteiger partial charge in [0.1, 0.15) is 0 Å². The monoisotopic (exact) mass is 508 g/mol. The zero-order valence-electron chi connectivity index (χ0n) is 24.0. The van der Waals surface area contributed by atoms with Crippen molar-refractivity contribution in [3.63, 3.8) is 0 Å². The zero-order chi connectivity index (χ0) is 25.3. The fraction of sp³-hybridized carbons (Fsp3) is 1.00. The van der Waals surface area contributed by atoms with Crippen LogP contribution in [-0.4, -0.2) is 13.3 Å². The van der Waals surface area contributed by atoms with Gasteiger partial charge in [-0.25, -0.2) is 0 Å². The van der Waals surface area contributed by atoms with E-state index in [4.69, 9.17) is 0 Å². The quantitative estimate of drug-likeness (QED) is 0.161. The van der Waals surface area contributed by atoms with Gasteiger partial charge in [-0.05, 0) is 99.7 Å². The number of halogens is 2. The Labute approximate surface area is 224 Å². The maximum Gasteiger partial charge on any atom is 0.0894 e. The Hall–Kier alpha value is -0.140. The highest BCUT2D eigenvalue weighted by Gasteiger charge is 2.34. The predicted molar refractivity (Wildman–Crippen MR) is 153 cm³/mol. The summed E-state index contributed by atoms with van der Waals surface area (Å²) < 4.78 is 24.3. The molecule has 0 unspecified atom stereocenters. The summed E-state index contributed by atoms with van der Waals surface area (Å²) in [7, 11) is 0. The molecule has 0 aliphatic heterocycles. The fourth-order valence-corrected chi connectivity index (χ4v) is 8.45. The van der Waals surface area contributed by atoms with Gasteiger partial charge in [0.15, 0.2) is 0 Å². The molecule has 0 nitrogen and oxygen atoms in total. The normalized spacial score (nSPS) is 31.5. The summed E-state index contributed by atoms with van der Waals surface area (Å²) in [6.45, 7) is -0.253. The standard InChI is InChI=1S/C34H62F2/c35-27-11-7-3-1-2-5-9-13-29-15-19-31(20-16-29)33-23-25-34(26-24-33)32-21-17-30(18-22-32)14-10-6-4-8-12-28-36/h29-34H,1-28H2. The van der Waals surface area contributed by atoms with E-state index in [0.29, 0.717) is 0 Å². The van der Waals surface area contributed by atoms with Gasteiger partial charge in [-0.2, -0.15) is 0 Å². The lowest BCUT2D eigenvalue weighted by molar-refractivity contribution is 0.102. The molecule has 0 aromatic carbocycles. The molecule has 0 aromatic heterocycles. The molecule has 0 amide bonds. The van der Waals surface area contributed by atoms with Crippen molar-refractivity contribution in [2.24, 2.45) is 35.5 Å². The van der Waals surface area contributed by atoms with E-state index >= 15 is 0 Å². The van der Waals surface area contributed by atoms with Gasteiger partial charge < -0.3 is 0 Å². The Morgan fingerprint density at radius 3 is 0.861 bits per heavy atom. The van der Waals surface area contributed by atoms with Crippen molar-refractivity contribution in [1.82, 2.24) is 0 Å². The summed E-state index contributed by atoms with van der Waals surface area (Å²) in [5, 5.41) is 0. The van der Waals surface area contributed by atoms with Crippen LogP contribution in [0.2, 0.25) is 0 Å². The molecule has 0 spiro atoms. The minimum absolute atomic E-state index is 0.126. The largest absolute Gasteiger partial charge is 0.251 e. The SMILES string of the molecule is FCCCCCCCCCC1CCC(C2CCC(C3CCC(CCCCCCCF)CC3)CC2)CC1. The highest BCUT2D eigenvalue weighted by atomic mass is 19.1. The molecule has 0 radical (unpaired) electrons. The maximum absolute atomic E-state index is 12.2. The minimum Gasteiger partial charge on any atom is -0.251 e. The van der Waals surface area contributed by atoms with Crippen molar-refractivity contribution in [3.8, 4) is 0 Å². The third-order valence-electron chi connectivity index (χ3n) is 10.9. The van der Waals surface area contributed by atoms with Crippen molar-refractivity contribution in [3.05, 3.63) is 0 Å². The molecule has 212 valence electrons. The third-order valence-corrected chi connectivity index (χ3v) is 10.9. The number of rotatable bonds is 18. The highest BCUT2D eigenvalue weighted by Crippen LogP contribution is 2.46. The zero-order valence-corrected chi connectivity index (χ0v) is 24.0. The molecular formula is C34H62F2. The Kier molecular flexibility index (Phi) is 16.0. The van der Waals surface area contributed by atoms with Gasteiger partial charge >= 0.3 is 0 Å². The number of hydrogen-bond donors (Lipinski definition) is 0. The van der Waals surface area contributed by atoms with E-state index in [1.807, 2.05) is 0 Å². The van der Waals surface area contributed by atoms with Gasteiger partial charge in [0.25, 0.3) is 0 Å². The van der Waals surface area contributed by atoms with Gasteiger partial charge in [0, 0.05) is 0 Å². The molecule has 3 fully saturated rings. The fourth-order valence-electron chi connectivity index (χ4n) is 8.45. The first-order valence-electron chi connectivity index (χ1n) is 16.9. The lowest BCUT2D eigenvalue weighted by Crippen LogP contribution is -2.29. The van der Waals surface area contributed by atoms with Gasteiger partial charge in [-0.15, -0.1) is 0 Å². The summed E-state index contributed by atoms with van der Waals surface area (Å²) in [5.74, 6) is 6.23. The molecule has 0 bridgehead atoms. The van der Waals surface area contributed by atoms with E-state index in [1.54, 1.807) is 25.7 Å². The van der Waals surface area contributed by atoms with Crippen LogP contribution in [0, 0.1) is 35.5 Å². The number of hydrogen-bond acceptors (Lipinski definition) is 0. The molecule has 0 saturated heterocycles. The summed E-state index contributed by atoms with van der Waals surface area (Å²) >= 11 is 0. The first-order chi connectivity index (χ1) is 17.8. The average molecular weight is 509 g/mol. The molecule has 0 N–H and O–H groups in total. The second-order valence-corrected chi connectivity index (χ2v) is 13.4. The summed E-state index contributed by atoms with van der Waals surface area (Å²) in [5.41, 5.74) is 0. The van der Waals surface area contributed by atoms with E-state index in [0.717, 1.165) is 61.2 Å². The third kappa shape index (κ3) is 11.7. The second-order valence-electron chi connectivity index (χ2n) is 13.4. The maximum atomic E-state index is 12.2. The first-order valence-corrected chi connectivity index (χ1v) is 16.9. The van der Waals surface area contributed by atoms with Crippen LogP contribution in [0.15, 0.2) is 0 Å². The van der Waals surface area contributed by atoms with Crippen LogP contribution < -0.4 is 0 Å². The molecule has 0 aromatic rings. The molecule has 0 atom stereocenters. The lowest BCUT2D eigenvalue weighted by atomic mass is 9.64. The molecule has 3 aliphatic rings. The highest BCUT2D eigenvalue weighted by molar-refractivity contribution is 4.86. The van der Waals surface area contributed by atoms with E-state index in [-0.39, 0.29) is 13.3 Å². The molecule has 0 heterocycles. The first kappa shape index (κ1) is 30.4. The number of alkyl halides is 2. The predicted octanol–water partition coefficient (Wildman–Crippen LogP) is 11.8. The molecule has 3 saturated carbocycles. The second kappa shape index (κ2) is 19.0. The molecule has 3 rings (SSSR count). The smallest absolute Gasteiger partial charge is 0.0894 e. The van der Waals surface area contributed by atoms with Gasteiger partial charge in [0.2, 0.25) is 0 Å². The van der Waals surface area contributed by atoms with Crippen molar-refractivity contribution < 1.29 is 8.78 Å². The van der Waals surface area contributed by atoms with Crippen LogP contribution in [-0.2, 0) is 0 Å². The van der Waals surface area contributed by atoms with Crippen molar-refractivity contribution >= 4 is 0 Å². The van der Waals surface area contributed by atoms with Gasteiger partial charge in [-0.3, -0.25) is 8.78 Å². The molecule has 2 heteroatoms. The van der Waals surface area contributed by atoms with Crippen LogP contribution in [0.25, 0.3) is 0 Å². The Balaban J connectivity index is 1.18. The molecule has 36 heavy (non-hydrogen) atoms. The average Bonchev–Trinajstić information content (AvgIpc) is 2.93. The van der Waals surface area contributed by atoms with Crippen molar-refractivity contribution in [2.45, 2.75) is 167 Å².